The van der Waals surface area contributed by atoms with Gasteiger partial charge in [-0.3, -0.25) is 0 Å². The van der Waals surface area contributed by atoms with Gasteiger partial charge in [-0.05, 0) is 52.5 Å². The van der Waals surface area contributed by atoms with Gasteiger partial charge in [-0.25, -0.2) is 0 Å². The monoisotopic (exact) mass is 315 g/mol. The Balaban J connectivity index is 2.32. The van der Waals surface area contributed by atoms with Crippen LogP contribution in [0.25, 0.3) is 0 Å². The van der Waals surface area contributed by atoms with Gasteiger partial charge in [0.2, 0.25) is 0 Å². The second-order valence-corrected chi connectivity index (χ2v) is 6.35. The first kappa shape index (κ1) is 12.3. The van der Waals surface area contributed by atoms with Crippen LogP contribution in [0.15, 0.2) is 27.4 Å². The molecule has 2 aromatic rings. The maximum absolute atomic E-state index is 3.60. The quantitative estimate of drug-likeness (QED) is 0.879. The van der Waals surface area contributed by atoms with Crippen LogP contribution >= 0.6 is 38.6 Å². The fourth-order valence-corrected chi connectivity index (χ4v) is 4.32. The molecule has 2 heterocycles. The molecule has 1 unspecified atom stereocenters. The number of aryl methyl sites for hydroxylation is 1. The molecule has 0 saturated heterocycles. The van der Waals surface area contributed by atoms with Crippen molar-refractivity contribution >= 4 is 38.6 Å². The van der Waals surface area contributed by atoms with Crippen LogP contribution in [0, 0.1) is 0 Å². The van der Waals surface area contributed by atoms with Crippen LogP contribution in [0.1, 0.15) is 28.3 Å². The molecule has 4 heteroatoms. The zero-order valence-corrected chi connectivity index (χ0v) is 12.5. The molecule has 1 atom stereocenters. The van der Waals surface area contributed by atoms with E-state index < -0.39 is 0 Å². The van der Waals surface area contributed by atoms with Gasteiger partial charge in [-0.2, -0.15) is 11.3 Å². The lowest BCUT2D eigenvalue weighted by Gasteiger charge is -2.13. The van der Waals surface area contributed by atoms with Crippen LogP contribution in [-0.2, 0) is 6.42 Å². The zero-order chi connectivity index (χ0) is 11.5. The molecule has 1 nitrogen and oxygen atoms in total. The van der Waals surface area contributed by atoms with Gasteiger partial charge in [0.15, 0.2) is 0 Å². The van der Waals surface area contributed by atoms with Crippen molar-refractivity contribution in [2.45, 2.75) is 19.4 Å². The topological polar surface area (TPSA) is 12.0 Å². The maximum atomic E-state index is 3.60. The van der Waals surface area contributed by atoms with Crippen LogP contribution in [0.5, 0.6) is 0 Å². The van der Waals surface area contributed by atoms with Crippen molar-refractivity contribution in [3.63, 3.8) is 0 Å². The summed E-state index contributed by atoms with van der Waals surface area (Å²) < 4.78 is 1.20. The third-order valence-corrected chi connectivity index (χ3v) is 5.60. The Morgan fingerprint density at radius 3 is 2.69 bits per heavy atom. The summed E-state index contributed by atoms with van der Waals surface area (Å²) >= 11 is 7.23. The molecule has 2 rings (SSSR count). The molecule has 0 aromatic carbocycles. The Kier molecular flexibility index (Phi) is 4.19. The molecule has 1 N–H and O–H groups in total. The van der Waals surface area contributed by atoms with Crippen molar-refractivity contribution in [3.05, 3.63) is 42.7 Å². The summed E-state index contributed by atoms with van der Waals surface area (Å²) in [7, 11) is 2.01. The first-order chi connectivity index (χ1) is 7.76. The highest BCUT2D eigenvalue weighted by molar-refractivity contribution is 9.10. The van der Waals surface area contributed by atoms with Crippen molar-refractivity contribution in [2.24, 2.45) is 0 Å². The average molecular weight is 316 g/mol. The third kappa shape index (κ3) is 2.40. The van der Waals surface area contributed by atoms with E-state index in [4.69, 9.17) is 0 Å². The van der Waals surface area contributed by atoms with Crippen LogP contribution in [0.2, 0.25) is 0 Å². The van der Waals surface area contributed by atoms with Gasteiger partial charge >= 0.3 is 0 Å². The smallest absolute Gasteiger partial charge is 0.0687 e. The number of nitrogens with one attached hydrogen (secondary N) is 1. The largest absolute Gasteiger partial charge is 0.309 e. The first-order valence-electron chi connectivity index (χ1n) is 5.23. The summed E-state index contributed by atoms with van der Waals surface area (Å²) in [5.41, 5.74) is 1.33. The van der Waals surface area contributed by atoms with Crippen LogP contribution in [0.3, 0.4) is 0 Å². The maximum Gasteiger partial charge on any atom is 0.0687 e. The lowest BCUT2D eigenvalue weighted by atomic mass is 10.1. The predicted molar refractivity (Wildman–Crippen MR) is 76.6 cm³/mol. The van der Waals surface area contributed by atoms with Crippen LogP contribution in [0.4, 0.5) is 0 Å². The van der Waals surface area contributed by atoms with E-state index >= 15 is 0 Å². The summed E-state index contributed by atoms with van der Waals surface area (Å²) in [5, 5.41) is 7.72. The summed E-state index contributed by atoms with van der Waals surface area (Å²) in [5.74, 6) is 0. The minimum atomic E-state index is 0.311. The molecule has 0 saturated carbocycles. The van der Waals surface area contributed by atoms with Crippen molar-refractivity contribution < 1.29 is 0 Å². The second-order valence-electron chi connectivity index (χ2n) is 3.55. The van der Waals surface area contributed by atoms with E-state index in [1.165, 1.54) is 19.8 Å². The van der Waals surface area contributed by atoms with Gasteiger partial charge in [-0.15, -0.1) is 11.3 Å². The Bertz CT molecular complexity index is 461. The van der Waals surface area contributed by atoms with Crippen molar-refractivity contribution in [2.75, 3.05) is 7.05 Å². The molecule has 0 bridgehead atoms. The zero-order valence-electron chi connectivity index (χ0n) is 9.29. The van der Waals surface area contributed by atoms with E-state index in [1.807, 2.05) is 18.4 Å². The molecule has 0 fully saturated rings. The standard InChI is InChI=1S/C12H14BrNS2/c1-3-8-4-5-11(16-8)12(14-2)9-6-15-7-10(9)13/h4-7,12,14H,3H2,1-2H3. The molecule has 2 aromatic heterocycles. The van der Waals surface area contributed by atoms with E-state index in [1.54, 1.807) is 11.3 Å². The van der Waals surface area contributed by atoms with E-state index in [0.29, 0.717) is 6.04 Å². The van der Waals surface area contributed by atoms with Gasteiger partial charge in [-0.1, -0.05) is 6.92 Å². The molecular weight excluding hydrogens is 302 g/mol. The number of thiophene rings is 2. The van der Waals surface area contributed by atoms with Crippen LogP contribution in [-0.4, -0.2) is 7.05 Å². The normalized spacial score (nSPS) is 12.9. The van der Waals surface area contributed by atoms with Crippen molar-refractivity contribution in [1.82, 2.24) is 5.32 Å². The van der Waals surface area contributed by atoms with E-state index in [2.05, 4.69) is 51.1 Å². The average Bonchev–Trinajstić information content (AvgIpc) is 2.90. The third-order valence-electron chi connectivity index (χ3n) is 2.56. The molecule has 0 spiro atoms. The SMILES string of the molecule is CCc1ccc(C(NC)c2cscc2Br)s1. The molecule has 16 heavy (non-hydrogen) atoms. The number of halogens is 1. The Morgan fingerprint density at radius 1 is 1.38 bits per heavy atom. The minimum Gasteiger partial charge on any atom is -0.309 e. The van der Waals surface area contributed by atoms with Crippen molar-refractivity contribution in [3.8, 4) is 0 Å². The summed E-state index contributed by atoms with van der Waals surface area (Å²) in [4.78, 5) is 2.83. The molecule has 0 aliphatic carbocycles. The summed E-state index contributed by atoms with van der Waals surface area (Å²) in [6.07, 6.45) is 1.12. The van der Waals surface area contributed by atoms with Crippen molar-refractivity contribution in [1.29, 1.82) is 0 Å². The Labute approximate surface area is 113 Å². The number of rotatable bonds is 4. The first-order valence-corrected chi connectivity index (χ1v) is 7.79. The number of hydrogen-bond donors (Lipinski definition) is 1. The van der Waals surface area contributed by atoms with E-state index in [9.17, 15) is 0 Å². The molecule has 0 radical (unpaired) electrons. The molecular formula is C12H14BrNS2. The van der Waals surface area contributed by atoms with E-state index in [-0.39, 0.29) is 0 Å². The Morgan fingerprint density at radius 2 is 2.19 bits per heavy atom. The predicted octanol–water partition coefficient (Wildman–Crippen LogP) is 4.44. The van der Waals surface area contributed by atoms with Gasteiger partial charge in [0.05, 0.1) is 6.04 Å². The van der Waals surface area contributed by atoms with Gasteiger partial charge < -0.3 is 5.32 Å². The summed E-state index contributed by atoms with van der Waals surface area (Å²) in [6.45, 7) is 2.20. The van der Waals surface area contributed by atoms with Gasteiger partial charge in [0.1, 0.15) is 0 Å². The molecule has 0 amide bonds. The fourth-order valence-electron chi connectivity index (χ4n) is 1.69. The highest BCUT2D eigenvalue weighted by atomic mass is 79.9. The minimum absolute atomic E-state index is 0.311. The Hall–Kier alpha value is -0.160. The van der Waals surface area contributed by atoms with Gasteiger partial charge in [0, 0.05) is 19.6 Å². The highest BCUT2D eigenvalue weighted by Crippen LogP contribution is 2.34. The van der Waals surface area contributed by atoms with Gasteiger partial charge in [0.25, 0.3) is 0 Å². The van der Waals surface area contributed by atoms with Crippen LogP contribution < -0.4 is 5.32 Å². The second kappa shape index (κ2) is 5.45. The molecule has 0 aliphatic heterocycles. The lowest BCUT2D eigenvalue weighted by Crippen LogP contribution is -2.16. The fraction of sp³-hybridized carbons (Fsp3) is 0.333. The molecule has 86 valence electrons. The molecule has 0 aliphatic rings. The highest BCUT2D eigenvalue weighted by Gasteiger charge is 2.17. The van der Waals surface area contributed by atoms with E-state index in [0.717, 1.165) is 6.42 Å². The lowest BCUT2D eigenvalue weighted by molar-refractivity contribution is 0.704. The summed E-state index contributed by atoms with van der Waals surface area (Å²) in [6, 6.07) is 4.77. The number of hydrogen-bond acceptors (Lipinski definition) is 3.